The lowest BCUT2D eigenvalue weighted by Crippen LogP contribution is -2.50. The molecule has 1 N–H and O–H groups in total. The van der Waals surface area contributed by atoms with Crippen LogP contribution in [0.1, 0.15) is 31.9 Å². The first kappa shape index (κ1) is 22.7. The average Bonchev–Trinajstić information content (AvgIpc) is 2.67. The number of carbonyl (C=O) groups is 1. The highest BCUT2D eigenvalue weighted by Gasteiger charge is 2.29. The molecule has 0 radical (unpaired) electrons. The number of hydrogen-bond acceptors (Lipinski definition) is 4. The smallest absolute Gasteiger partial charge is 0.243 e. The van der Waals surface area contributed by atoms with Crippen molar-refractivity contribution in [2.45, 2.75) is 46.2 Å². The summed E-state index contributed by atoms with van der Waals surface area (Å²) in [4.78, 5) is 12.7. The van der Waals surface area contributed by atoms with E-state index in [1.165, 1.54) is 0 Å². The van der Waals surface area contributed by atoms with Crippen LogP contribution in [0, 0.1) is 6.92 Å². The summed E-state index contributed by atoms with van der Waals surface area (Å²) in [6.45, 7) is 7.71. The minimum atomic E-state index is -3.64. The van der Waals surface area contributed by atoms with Crippen LogP contribution in [0.2, 0.25) is 0 Å². The second kappa shape index (κ2) is 9.78. The van der Waals surface area contributed by atoms with E-state index in [0.29, 0.717) is 5.69 Å². The van der Waals surface area contributed by atoms with Crippen LogP contribution in [-0.2, 0) is 21.2 Å². The number of aryl methyl sites for hydroxylation is 2. The Kier molecular flexibility index (Phi) is 7.67. The molecule has 2 rings (SSSR count). The second-order valence-electron chi connectivity index (χ2n) is 7.29. The molecule has 6 nitrogen and oxygen atoms in total. The molecule has 0 saturated heterocycles. The Hall–Kier alpha value is -2.54. The molecule has 0 aliphatic heterocycles. The Labute approximate surface area is 173 Å². The maximum absolute atomic E-state index is 12.7. The lowest BCUT2D eigenvalue weighted by Gasteiger charge is -2.29. The van der Waals surface area contributed by atoms with Gasteiger partial charge in [0, 0.05) is 0 Å². The predicted molar refractivity (Wildman–Crippen MR) is 117 cm³/mol. The molecule has 0 aromatic heterocycles. The molecule has 0 aliphatic rings. The van der Waals surface area contributed by atoms with Crippen LogP contribution in [0.3, 0.4) is 0 Å². The van der Waals surface area contributed by atoms with E-state index in [1.54, 1.807) is 19.1 Å². The van der Waals surface area contributed by atoms with Crippen molar-refractivity contribution in [3.05, 3.63) is 59.7 Å². The van der Waals surface area contributed by atoms with Crippen molar-refractivity contribution in [3.63, 3.8) is 0 Å². The minimum Gasteiger partial charge on any atom is -0.491 e. The number of ether oxygens (including phenoxy) is 1. The van der Waals surface area contributed by atoms with Crippen molar-refractivity contribution < 1.29 is 17.9 Å². The molecule has 0 bridgehead atoms. The fourth-order valence-corrected chi connectivity index (χ4v) is 4.12. The normalized spacial score (nSPS) is 13.4. The highest BCUT2D eigenvalue weighted by molar-refractivity contribution is 7.92. The number of sulfonamides is 1. The van der Waals surface area contributed by atoms with Crippen molar-refractivity contribution >= 4 is 21.6 Å². The van der Waals surface area contributed by atoms with E-state index in [-0.39, 0.29) is 18.6 Å². The number of rotatable bonds is 9. The molecule has 0 fully saturated rings. The van der Waals surface area contributed by atoms with E-state index in [4.69, 9.17) is 4.74 Å². The first-order valence-corrected chi connectivity index (χ1v) is 11.5. The second-order valence-corrected chi connectivity index (χ2v) is 9.15. The van der Waals surface area contributed by atoms with Gasteiger partial charge in [0.05, 0.1) is 18.0 Å². The predicted octanol–water partition coefficient (Wildman–Crippen LogP) is 3.30. The largest absolute Gasteiger partial charge is 0.491 e. The number of nitrogens with one attached hydrogen (secondary N) is 1. The number of nitrogens with zero attached hydrogens (tertiary/aromatic N) is 1. The standard InChI is InChI=1S/C22H30N2O4S/c1-6-19-9-11-20(12-10-19)24(29(5,26)27)18(4)22(25)23-17(3)15-28-21-13-7-16(2)8-14-21/h7-14,17-18H,6,15H2,1-5H3,(H,23,25)/t17-,18+/m0/s1. The summed E-state index contributed by atoms with van der Waals surface area (Å²) < 4.78 is 31.6. The molecule has 2 aromatic carbocycles. The molecule has 0 unspecified atom stereocenters. The van der Waals surface area contributed by atoms with E-state index in [2.05, 4.69) is 5.32 Å². The molecule has 7 heteroatoms. The third kappa shape index (κ3) is 6.49. The molecular weight excluding hydrogens is 388 g/mol. The maximum atomic E-state index is 12.7. The van der Waals surface area contributed by atoms with Gasteiger partial charge >= 0.3 is 0 Å². The van der Waals surface area contributed by atoms with Crippen LogP contribution >= 0.6 is 0 Å². The van der Waals surface area contributed by atoms with Crippen LogP contribution in [-0.4, -0.2) is 39.3 Å². The Morgan fingerprint density at radius 3 is 2.17 bits per heavy atom. The van der Waals surface area contributed by atoms with Gasteiger partial charge in [0.2, 0.25) is 15.9 Å². The third-order valence-electron chi connectivity index (χ3n) is 4.60. The first-order chi connectivity index (χ1) is 13.6. The highest BCUT2D eigenvalue weighted by Crippen LogP contribution is 2.22. The van der Waals surface area contributed by atoms with Gasteiger partial charge in [0.1, 0.15) is 18.4 Å². The van der Waals surface area contributed by atoms with Crippen molar-refractivity contribution in [2.24, 2.45) is 0 Å². The van der Waals surface area contributed by atoms with Crippen LogP contribution in [0.15, 0.2) is 48.5 Å². The average molecular weight is 419 g/mol. The van der Waals surface area contributed by atoms with Crippen LogP contribution in [0.4, 0.5) is 5.69 Å². The topological polar surface area (TPSA) is 75.7 Å². The summed E-state index contributed by atoms with van der Waals surface area (Å²) in [5.74, 6) is 0.341. The number of amides is 1. The van der Waals surface area contributed by atoms with Crippen molar-refractivity contribution in [2.75, 3.05) is 17.2 Å². The van der Waals surface area contributed by atoms with Gasteiger partial charge in [-0.15, -0.1) is 0 Å². The molecular formula is C22H30N2O4S. The molecule has 29 heavy (non-hydrogen) atoms. The quantitative estimate of drug-likeness (QED) is 0.678. The van der Waals surface area contributed by atoms with Crippen LogP contribution in [0.5, 0.6) is 5.75 Å². The summed E-state index contributed by atoms with van der Waals surface area (Å²) in [7, 11) is -3.64. The van der Waals surface area contributed by atoms with Crippen molar-refractivity contribution in [3.8, 4) is 5.75 Å². The van der Waals surface area contributed by atoms with E-state index in [1.807, 2.05) is 57.2 Å². The Morgan fingerprint density at radius 1 is 1.07 bits per heavy atom. The number of benzene rings is 2. The summed E-state index contributed by atoms with van der Waals surface area (Å²) >= 11 is 0. The SMILES string of the molecule is CCc1ccc(N([C@H](C)C(=O)N[C@@H](C)COc2ccc(C)cc2)S(C)(=O)=O)cc1. The molecule has 0 aliphatic carbocycles. The Balaban J connectivity index is 2.04. The molecule has 2 atom stereocenters. The maximum Gasteiger partial charge on any atom is 0.243 e. The van der Waals surface area contributed by atoms with Gasteiger partial charge in [-0.25, -0.2) is 8.42 Å². The fraction of sp³-hybridized carbons (Fsp3) is 0.409. The molecule has 0 heterocycles. The highest BCUT2D eigenvalue weighted by atomic mass is 32.2. The molecule has 0 spiro atoms. The Bertz CT molecular complexity index is 909. The monoisotopic (exact) mass is 418 g/mol. The van der Waals surface area contributed by atoms with Crippen LogP contribution < -0.4 is 14.4 Å². The fourth-order valence-electron chi connectivity index (χ4n) is 2.95. The zero-order chi connectivity index (χ0) is 21.6. The summed E-state index contributed by atoms with van der Waals surface area (Å²) in [6, 6.07) is 13.7. The molecule has 1 amide bonds. The lowest BCUT2D eigenvalue weighted by molar-refractivity contribution is -0.122. The van der Waals surface area contributed by atoms with E-state index in [0.717, 1.165) is 33.9 Å². The van der Waals surface area contributed by atoms with Gasteiger partial charge in [0.25, 0.3) is 0 Å². The van der Waals surface area contributed by atoms with E-state index < -0.39 is 16.1 Å². The van der Waals surface area contributed by atoms with Gasteiger partial charge < -0.3 is 10.1 Å². The molecule has 0 saturated carbocycles. The summed E-state index contributed by atoms with van der Waals surface area (Å²) in [5.41, 5.74) is 2.71. The van der Waals surface area contributed by atoms with Gasteiger partial charge in [0.15, 0.2) is 0 Å². The van der Waals surface area contributed by atoms with E-state index >= 15 is 0 Å². The lowest BCUT2D eigenvalue weighted by atomic mass is 10.1. The third-order valence-corrected chi connectivity index (χ3v) is 5.84. The number of hydrogen-bond donors (Lipinski definition) is 1. The zero-order valence-corrected chi connectivity index (χ0v) is 18.5. The zero-order valence-electron chi connectivity index (χ0n) is 17.7. The number of anilines is 1. The minimum absolute atomic E-state index is 0.282. The Morgan fingerprint density at radius 2 is 1.66 bits per heavy atom. The van der Waals surface area contributed by atoms with Gasteiger partial charge in [-0.1, -0.05) is 36.8 Å². The van der Waals surface area contributed by atoms with Crippen molar-refractivity contribution in [1.82, 2.24) is 5.32 Å². The summed E-state index contributed by atoms with van der Waals surface area (Å²) in [6.07, 6.45) is 1.96. The van der Waals surface area contributed by atoms with Gasteiger partial charge in [-0.2, -0.15) is 0 Å². The van der Waals surface area contributed by atoms with Gasteiger partial charge in [-0.3, -0.25) is 9.10 Å². The van der Waals surface area contributed by atoms with Crippen LogP contribution in [0.25, 0.3) is 0 Å². The number of carbonyl (C=O) groups excluding carboxylic acids is 1. The molecule has 158 valence electrons. The van der Waals surface area contributed by atoms with E-state index in [9.17, 15) is 13.2 Å². The van der Waals surface area contributed by atoms with Gasteiger partial charge in [-0.05, 0) is 57.0 Å². The van der Waals surface area contributed by atoms with Crippen molar-refractivity contribution in [1.29, 1.82) is 0 Å². The summed E-state index contributed by atoms with van der Waals surface area (Å²) in [5, 5.41) is 2.84. The molecule has 2 aromatic rings. The first-order valence-electron chi connectivity index (χ1n) is 9.70.